The van der Waals surface area contributed by atoms with Gasteiger partial charge in [0.15, 0.2) is 0 Å². The van der Waals surface area contributed by atoms with Gasteiger partial charge >= 0.3 is 5.69 Å². The van der Waals surface area contributed by atoms with Crippen LogP contribution in [-0.2, 0) is 6.42 Å². The van der Waals surface area contributed by atoms with Crippen molar-refractivity contribution in [3.63, 3.8) is 0 Å². The molecule has 1 amide bonds. The van der Waals surface area contributed by atoms with Gasteiger partial charge < -0.3 is 4.90 Å². The van der Waals surface area contributed by atoms with Crippen LogP contribution in [-0.4, -0.2) is 27.3 Å². The number of fused-ring (bicyclic) bond motifs is 1. The highest BCUT2D eigenvalue weighted by molar-refractivity contribution is 5.95. The topological polar surface area (TPSA) is 113 Å². The molecule has 146 valence electrons. The molecule has 1 aliphatic rings. The Morgan fingerprint density at radius 1 is 1.14 bits per heavy atom. The number of aromatic nitrogens is 2. The van der Waals surface area contributed by atoms with Crippen LogP contribution in [0.2, 0.25) is 0 Å². The third-order valence-corrected chi connectivity index (χ3v) is 4.74. The zero-order chi connectivity index (χ0) is 20.4. The van der Waals surface area contributed by atoms with Gasteiger partial charge in [-0.05, 0) is 37.1 Å². The molecule has 1 aliphatic heterocycles. The van der Waals surface area contributed by atoms with Crippen LogP contribution in [0.15, 0.2) is 54.9 Å². The van der Waals surface area contributed by atoms with Crippen molar-refractivity contribution in [3.8, 4) is 0 Å². The van der Waals surface area contributed by atoms with Crippen molar-refractivity contribution in [1.29, 1.82) is 0 Å². The van der Waals surface area contributed by atoms with Gasteiger partial charge in [0.25, 0.3) is 5.91 Å². The summed E-state index contributed by atoms with van der Waals surface area (Å²) in [5.41, 5.74) is 8.17. The average Bonchev–Trinajstić information content (AvgIpc) is 3.16. The molecule has 0 atom stereocenters. The van der Waals surface area contributed by atoms with Crippen LogP contribution in [0.5, 0.6) is 0 Å². The van der Waals surface area contributed by atoms with E-state index in [4.69, 9.17) is 0 Å². The van der Waals surface area contributed by atoms with E-state index in [9.17, 15) is 14.9 Å². The fraction of sp³-hybridized carbons (Fsp3) is 0.150. The third kappa shape index (κ3) is 3.57. The van der Waals surface area contributed by atoms with Crippen LogP contribution in [0.1, 0.15) is 21.5 Å². The number of anilines is 3. The first-order valence-corrected chi connectivity index (χ1v) is 9.02. The number of aryl methyl sites for hydroxylation is 1. The number of rotatable bonds is 5. The van der Waals surface area contributed by atoms with E-state index in [0.29, 0.717) is 12.1 Å². The lowest BCUT2D eigenvalue weighted by Gasteiger charge is -2.19. The van der Waals surface area contributed by atoms with Crippen LogP contribution in [0.4, 0.5) is 23.0 Å². The Morgan fingerprint density at radius 3 is 2.66 bits per heavy atom. The first-order valence-electron chi connectivity index (χ1n) is 9.02. The summed E-state index contributed by atoms with van der Waals surface area (Å²) in [4.78, 5) is 33.5. The quantitative estimate of drug-likeness (QED) is 0.508. The molecule has 9 heteroatoms. The van der Waals surface area contributed by atoms with Crippen LogP contribution >= 0.6 is 0 Å². The number of nitrogens with one attached hydrogen (secondary N) is 2. The summed E-state index contributed by atoms with van der Waals surface area (Å²) in [7, 11) is 0. The molecule has 4 rings (SSSR count). The second-order valence-corrected chi connectivity index (χ2v) is 6.63. The zero-order valence-corrected chi connectivity index (χ0v) is 15.6. The van der Waals surface area contributed by atoms with Crippen molar-refractivity contribution in [2.45, 2.75) is 13.3 Å². The molecule has 0 spiro atoms. The summed E-state index contributed by atoms with van der Waals surface area (Å²) in [5, 5.41) is 11.8. The number of amides is 1. The fourth-order valence-corrected chi connectivity index (χ4v) is 3.28. The van der Waals surface area contributed by atoms with Crippen LogP contribution < -0.4 is 15.8 Å². The first-order chi connectivity index (χ1) is 14.0. The second-order valence-electron chi connectivity index (χ2n) is 6.63. The Bertz CT molecular complexity index is 1080. The van der Waals surface area contributed by atoms with Gasteiger partial charge in [-0.3, -0.25) is 25.8 Å². The van der Waals surface area contributed by atoms with Gasteiger partial charge in [0.05, 0.1) is 4.92 Å². The molecule has 0 radical (unpaired) electrons. The minimum Gasteiger partial charge on any atom is -0.320 e. The Balaban J connectivity index is 1.62. The molecule has 9 nitrogen and oxygen atoms in total. The summed E-state index contributed by atoms with van der Waals surface area (Å²) in [5.74, 6) is -0.321. The van der Waals surface area contributed by atoms with Crippen molar-refractivity contribution in [1.82, 2.24) is 15.4 Å². The highest BCUT2D eigenvalue weighted by Crippen LogP contribution is 2.39. The molecule has 0 saturated heterocycles. The third-order valence-electron chi connectivity index (χ3n) is 4.74. The second kappa shape index (κ2) is 7.55. The van der Waals surface area contributed by atoms with Gasteiger partial charge in [0.1, 0.15) is 6.33 Å². The lowest BCUT2D eigenvalue weighted by atomic mass is 10.1. The minimum absolute atomic E-state index is 0.0788. The van der Waals surface area contributed by atoms with E-state index in [1.54, 1.807) is 17.0 Å². The molecule has 2 N–H and O–H groups in total. The van der Waals surface area contributed by atoms with E-state index in [1.807, 2.05) is 43.3 Å². The monoisotopic (exact) mass is 390 g/mol. The van der Waals surface area contributed by atoms with Crippen molar-refractivity contribution < 1.29 is 9.72 Å². The largest absolute Gasteiger partial charge is 0.355 e. The summed E-state index contributed by atoms with van der Waals surface area (Å²) in [6.07, 6.45) is 2.01. The Labute approximate surface area is 166 Å². The SMILES string of the molecule is Cc1ccc(C(=O)NNc2ncnc(N3CCc4ccccc43)c2[N+](=O)[O-])cc1. The van der Waals surface area contributed by atoms with Crippen molar-refractivity contribution in [2.24, 2.45) is 0 Å². The number of benzene rings is 2. The number of carbonyl (C=O) groups is 1. The standard InChI is InChI=1S/C20H18N6O3/c1-13-6-8-15(9-7-13)20(27)24-23-18-17(26(28)29)19(22-12-21-18)25-11-10-14-4-2-3-5-16(14)25/h2-9,12H,10-11H2,1H3,(H,24,27)(H,21,22,23). The summed E-state index contributed by atoms with van der Waals surface area (Å²) in [6, 6.07) is 14.7. The normalized spacial score (nSPS) is 12.4. The van der Waals surface area contributed by atoms with Gasteiger partial charge in [0, 0.05) is 17.8 Å². The number of nitro groups is 1. The molecular weight excluding hydrogens is 372 g/mol. The van der Waals surface area contributed by atoms with Gasteiger partial charge in [-0.15, -0.1) is 0 Å². The number of hydrogen-bond acceptors (Lipinski definition) is 7. The minimum atomic E-state index is -0.545. The maximum Gasteiger partial charge on any atom is 0.355 e. The molecule has 0 fully saturated rings. The number of hydrazine groups is 1. The molecule has 0 bridgehead atoms. The fourth-order valence-electron chi connectivity index (χ4n) is 3.28. The van der Waals surface area contributed by atoms with Gasteiger partial charge in [0.2, 0.25) is 11.6 Å². The smallest absolute Gasteiger partial charge is 0.320 e. The molecule has 0 unspecified atom stereocenters. The number of para-hydroxylation sites is 1. The van der Waals surface area contributed by atoms with Crippen molar-refractivity contribution >= 4 is 28.9 Å². The highest BCUT2D eigenvalue weighted by atomic mass is 16.6. The Hall–Kier alpha value is -4.01. The predicted molar refractivity (Wildman–Crippen MR) is 108 cm³/mol. The first kappa shape index (κ1) is 18.4. The summed E-state index contributed by atoms with van der Waals surface area (Å²) >= 11 is 0. The van der Waals surface area contributed by atoms with Crippen molar-refractivity contribution in [3.05, 3.63) is 81.7 Å². The van der Waals surface area contributed by atoms with Gasteiger partial charge in [-0.1, -0.05) is 35.9 Å². The van der Waals surface area contributed by atoms with E-state index in [2.05, 4.69) is 20.8 Å². The zero-order valence-electron chi connectivity index (χ0n) is 15.6. The number of nitrogens with zero attached hydrogens (tertiary/aromatic N) is 4. The Kier molecular flexibility index (Phi) is 4.78. The lowest BCUT2D eigenvalue weighted by Crippen LogP contribution is -2.30. The molecule has 0 saturated carbocycles. The van der Waals surface area contributed by atoms with E-state index < -0.39 is 10.8 Å². The molecule has 2 heterocycles. The molecule has 1 aromatic heterocycles. The predicted octanol–water partition coefficient (Wildman–Crippen LogP) is 3.14. The highest BCUT2D eigenvalue weighted by Gasteiger charge is 2.31. The van der Waals surface area contributed by atoms with Crippen LogP contribution in [0.3, 0.4) is 0 Å². The van der Waals surface area contributed by atoms with E-state index in [0.717, 1.165) is 23.2 Å². The van der Waals surface area contributed by atoms with Crippen LogP contribution in [0, 0.1) is 17.0 Å². The van der Waals surface area contributed by atoms with Gasteiger partial charge in [-0.25, -0.2) is 9.97 Å². The Morgan fingerprint density at radius 2 is 1.90 bits per heavy atom. The molecular formula is C20H18N6O3. The lowest BCUT2D eigenvalue weighted by molar-refractivity contribution is -0.383. The van der Waals surface area contributed by atoms with Crippen LogP contribution in [0.25, 0.3) is 0 Å². The van der Waals surface area contributed by atoms with Gasteiger partial charge in [-0.2, -0.15) is 0 Å². The molecule has 2 aromatic carbocycles. The molecule has 29 heavy (non-hydrogen) atoms. The molecule has 0 aliphatic carbocycles. The average molecular weight is 390 g/mol. The van der Waals surface area contributed by atoms with E-state index in [-0.39, 0.29) is 17.3 Å². The maximum absolute atomic E-state index is 12.3. The molecule has 3 aromatic rings. The van der Waals surface area contributed by atoms with Crippen molar-refractivity contribution in [2.75, 3.05) is 16.9 Å². The maximum atomic E-state index is 12.3. The number of hydrogen-bond donors (Lipinski definition) is 2. The summed E-state index contributed by atoms with van der Waals surface area (Å²) in [6.45, 7) is 2.49. The number of carbonyl (C=O) groups excluding carboxylic acids is 1. The van der Waals surface area contributed by atoms with E-state index >= 15 is 0 Å². The summed E-state index contributed by atoms with van der Waals surface area (Å²) < 4.78 is 0. The van der Waals surface area contributed by atoms with E-state index in [1.165, 1.54) is 6.33 Å².